The molecule has 1 aromatic heterocycles. The van der Waals surface area contributed by atoms with Crippen molar-refractivity contribution in [3.8, 4) is 11.3 Å². The first-order valence-corrected chi connectivity index (χ1v) is 9.70. The van der Waals surface area contributed by atoms with Crippen LogP contribution in [0.5, 0.6) is 0 Å². The first-order chi connectivity index (χ1) is 12.2. The van der Waals surface area contributed by atoms with Crippen LogP contribution in [0.4, 0.5) is 0 Å². The Kier molecular flexibility index (Phi) is 3.67. The third-order valence-electron chi connectivity index (χ3n) is 6.48. The van der Waals surface area contributed by atoms with E-state index in [4.69, 9.17) is 16.0 Å². The van der Waals surface area contributed by atoms with Gasteiger partial charge in [0.1, 0.15) is 5.76 Å². The smallest absolute Gasteiger partial charge is 0.287 e. The molecule has 3 nitrogen and oxygen atoms in total. The maximum Gasteiger partial charge on any atom is 0.287 e. The van der Waals surface area contributed by atoms with Gasteiger partial charge in [-0.25, -0.2) is 0 Å². The molecule has 1 aromatic carbocycles. The highest BCUT2D eigenvalue weighted by molar-refractivity contribution is 6.30. The molecule has 1 N–H and O–H groups in total. The van der Waals surface area contributed by atoms with E-state index in [0.717, 1.165) is 17.4 Å². The van der Waals surface area contributed by atoms with Gasteiger partial charge in [0.2, 0.25) is 0 Å². The molecule has 0 atom stereocenters. The lowest BCUT2D eigenvalue weighted by Gasteiger charge is -2.54. The highest BCUT2D eigenvalue weighted by Crippen LogP contribution is 2.53. The van der Waals surface area contributed by atoms with Gasteiger partial charge in [0, 0.05) is 16.6 Å². The first kappa shape index (κ1) is 15.5. The molecule has 6 rings (SSSR count). The number of benzene rings is 1. The van der Waals surface area contributed by atoms with Gasteiger partial charge in [-0.05, 0) is 92.2 Å². The highest BCUT2D eigenvalue weighted by atomic mass is 35.5. The molecule has 130 valence electrons. The molecule has 0 radical (unpaired) electrons. The quantitative estimate of drug-likeness (QED) is 0.826. The molecule has 25 heavy (non-hydrogen) atoms. The standard InChI is InChI=1S/C21H22ClNO2/c22-17-3-1-14(2-4-17)18-5-6-19(25-18)21(24)23-20-15-8-12-7-13(10-15)11-16(20)9-12/h1-6,12-13,15-16,20H,7-11H2,(H,23,24). The molecule has 2 aromatic rings. The van der Waals surface area contributed by atoms with Gasteiger partial charge in [0.15, 0.2) is 5.76 Å². The van der Waals surface area contributed by atoms with E-state index in [0.29, 0.717) is 34.4 Å². The molecular formula is C21H22ClNO2. The Morgan fingerprint density at radius 1 is 0.920 bits per heavy atom. The van der Waals surface area contributed by atoms with E-state index in [9.17, 15) is 4.79 Å². The molecule has 4 fully saturated rings. The lowest BCUT2D eigenvalue weighted by Crippen LogP contribution is -2.55. The summed E-state index contributed by atoms with van der Waals surface area (Å²) in [5.41, 5.74) is 0.929. The predicted octanol–water partition coefficient (Wildman–Crippen LogP) is 5.15. The van der Waals surface area contributed by atoms with Crippen LogP contribution >= 0.6 is 11.6 Å². The van der Waals surface area contributed by atoms with Crippen LogP contribution in [0.25, 0.3) is 11.3 Å². The minimum atomic E-state index is -0.0716. The summed E-state index contributed by atoms with van der Waals surface area (Å²) >= 11 is 5.93. The molecule has 0 saturated heterocycles. The number of furan rings is 1. The zero-order chi connectivity index (χ0) is 17.0. The molecule has 1 amide bonds. The van der Waals surface area contributed by atoms with Crippen LogP contribution in [-0.4, -0.2) is 11.9 Å². The van der Waals surface area contributed by atoms with Crippen LogP contribution in [0.3, 0.4) is 0 Å². The Hall–Kier alpha value is -1.74. The van der Waals surface area contributed by atoms with Gasteiger partial charge >= 0.3 is 0 Å². The molecule has 0 spiro atoms. The van der Waals surface area contributed by atoms with Gasteiger partial charge in [0.25, 0.3) is 5.91 Å². The third kappa shape index (κ3) is 2.79. The van der Waals surface area contributed by atoms with Crippen LogP contribution in [0.2, 0.25) is 5.02 Å². The largest absolute Gasteiger partial charge is 0.451 e. The monoisotopic (exact) mass is 355 g/mol. The molecule has 0 unspecified atom stereocenters. The molecule has 4 bridgehead atoms. The minimum absolute atomic E-state index is 0.0716. The van der Waals surface area contributed by atoms with E-state index >= 15 is 0 Å². The molecule has 4 aliphatic rings. The van der Waals surface area contributed by atoms with E-state index in [2.05, 4.69) is 5.32 Å². The number of carbonyl (C=O) groups excluding carboxylic acids is 1. The molecular weight excluding hydrogens is 334 g/mol. The normalized spacial score (nSPS) is 32.8. The average Bonchev–Trinajstić information content (AvgIpc) is 3.08. The number of nitrogens with one attached hydrogen (secondary N) is 1. The predicted molar refractivity (Wildman–Crippen MR) is 97.5 cm³/mol. The Bertz CT molecular complexity index is 766. The highest BCUT2D eigenvalue weighted by Gasteiger charge is 2.48. The van der Waals surface area contributed by atoms with Crippen molar-refractivity contribution in [2.75, 3.05) is 0 Å². The topological polar surface area (TPSA) is 42.2 Å². The Balaban J connectivity index is 1.31. The Morgan fingerprint density at radius 3 is 2.20 bits per heavy atom. The fraction of sp³-hybridized carbons (Fsp3) is 0.476. The van der Waals surface area contributed by atoms with Crippen LogP contribution < -0.4 is 5.32 Å². The number of hydrogen-bond donors (Lipinski definition) is 1. The maximum absolute atomic E-state index is 12.7. The second-order valence-electron chi connectivity index (χ2n) is 8.10. The summed E-state index contributed by atoms with van der Waals surface area (Å²) in [5.74, 6) is 4.20. The molecule has 0 aliphatic heterocycles. The molecule has 1 heterocycles. The fourth-order valence-electron chi connectivity index (χ4n) is 5.61. The summed E-state index contributed by atoms with van der Waals surface area (Å²) in [7, 11) is 0. The Morgan fingerprint density at radius 2 is 1.56 bits per heavy atom. The number of carbonyl (C=O) groups is 1. The molecule has 4 saturated carbocycles. The van der Waals surface area contributed by atoms with Gasteiger partial charge in [-0.2, -0.15) is 0 Å². The number of amides is 1. The van der Waals surface area contributed by atoms with Crippen molar-refractivity contribution in [3.05, 3.63) is 47.2 Å². The minimum Gasteiger partial charge on any atom is -0.451 e. The lowest BCUT2D eigenvalue weighted by molar-refractivity contribution is -0.0122. The van der Waals surface area contributed by atoms with Crippen molar-refractivity contribution in [1.29, 1.82) is 0 Å². The van der Waals surface area contributed by atoms with Crippen molar-refractivity contribution in [1.82, 2.24) is 5.32 Å². The number of rotatable bonds is 3. The first-order valence-electron chi connectivity index (χ1n) is 9.32. The summed E-state index contributed by atoms with van der Waals surface area (Å²) in [5, 5.41) is 3.99. The van der Waals surface area contributed by atoms with Crippen LogP contribution in [-0.2, 0) is 0 Å². The van der Waals surface area contributed by atoms with Gasteiger partial charge < -0.3 is 9.73 Å². The van der Waals surface area contributed by atoms with Crippen molar-refractivity contribution in [3.63, 3.8) is 0 Å². The van der Waals surface area contributed by atoms with Crippen molar-refractivity contribution in [2.24, 2.45) is 23.7 Å². The number of hydrogen-bond acceptors (Lipinski definition) is 2. The van der Waals surface area contributed by atoms with Crippen molar-refractivity contribution >= 4 is 17.5 Å². The summed E-state index contributed by atoms with van der Waals surface area (Å²) in [6.45, 7) is 0. The Labute approximate surface area is 152 Å². The zero-order valence-corrected chi connectivity index (χ0v) is 14.8. The van der Waals surface area contributed by atoms with E-state index in [-0.39, 0.29) is 5.91 Å². The lowest BCUT2D eigenvalue weighted by atomic mass is 9.54. The van der Waals surface area contributed by atoms with Gasteiger partial charge in [-0.15, -0.1) is 0 Å². The fourth-order valence-corrected chi connectivity index (χ4v) is 5.74. The molecule has 4 aliphatic carbocycles. The second kappa shape index (κ2) is 5.91. The summed E-state index contributed by atoms with van der Waals surface area (Å²) in [6, 6.07) is 11.4. The van der Waals surface area contributed by atoms with Gasteiger partial charge in [-0.3, -0.25) is 4.79 Å². The van der Waals surface area contributed by atoms with E-state index in [1.54, 1.807) is 6.07 Å². The van der Waals surface area contributed by atoms with Crippen molar-refractivity contribution in [2.45, 2.75) is 38.1 Å². The zero-order valence-electron chi connectivity index (χ0n) is 14.1. The second-order valence-corrected chi connectivity index (χ2v) is 8.54. The summed E-state index contributed by atoms with van der Waals surface area (Å²) in [4.78, 5) is 12.7. The van der Waals surface area contributed by atoms with Crippen LogP contribution in [0, 0.1) is 23.7 Å². The maximum atomic E-state index is 12.7. The van der Waals surface area contributed by atoms with Crippen LogP contribution in [0.1, 0.15) is 42.7 Å². The van der Waals surface area contributed by atoms with E-state index < -0.39 is 0 Å². The van der Waals surface area contributed by atoms with E-state index in [1.165, 1.54) is 32.1 Å². The number of halogens is 1. The summed E-state index contributed by atoms with van der Waals surface area (Å²) in [6.07, 6.45) is 6.62. The molecule has 4 heteroatoms. The third-order valence-corrected chi connectivity index (χ3v) is 6.73. The van der Waals surface area contributed by atoms with E-state index in [1.807, 2.05) is 30.3 Å². The summed E-state index contributed by atoms with van der Waals surface area (Å²) < 4.78 is 5.81. The van der Waals surface area contributed by atoms with Crippen molar-refractivity contribution < 1.29 is 9.21 Å². The van der Waals surface area contributed by atoms with Gasteiger partial charge in [0.05, 0.1) is 0 Å². The SMILES string of the molecule is O=C(NC1C2CC3CC(C2)CC1C3)c1ccc(-c2ccc(Cl)cc2)o1. The van der Waals surface area contributed by atoms with Crippen LogP contribution in [0.15, 0.2) is 40.8 Å². The average molecular weight is 356 g/mol. The van der Waals surface area contributed by atoms with Gasteiger partial charge in [-0.1, -0.05) is 11.6 Å².